The Bertz CT molecular complexity index is 627. The molecule has 2 heterocycles. The van der Waals surface area contributed by atoms with Gasteiger partial charge in [-0.2, -0.15) is 0 Å². The number of benzene rings is 1. The number of hydrogen-bond acceptors (Lipinski definition) is 2. The number of amides is 1. The monoisotopic (exact) mass is 241 g/mol. The van der Waals surface area contributed by atoms with Gasteiger partial charge in [-0.15, -0.1) is 0 Å². The third-order valence-electron chi connectivity index (χ3n) is 3.28. The van der Waals surface area contributed by atoms with Gasteiger partial charge in [0.15, 0.2) is 0 Å². The van der Waals surface area contributed by atoms with Gasteiger partial charge < -0.3 is 15.6 Å². The molecule has 4 heteroatoms. The fourth-order valence-electron chi connectivity index (χ4n) is 2.31. The van der Waals surface area contributed by atoms with Gasteiger partial charge in [0.2, 0.25) is 0 Å². The molecule has 0 radical (unpaired) electrons. The molecule has 3 rings (SSSR count). The Morgan fingerprint density at radius 2 is 2.22 bits per heavy atom. The molecule has 3 N–H and O–H groups in total. The first-order valence-electron chi connectivity index (χ1n) is 6.06. The van der Waals surface area contributed by atoms with E-state index in [4.69, 9.17) is 5.73 Å². The lowest BCUT2D eigenvalue weighted by atomic mass is 10.1. The van der Waals surface area contributed by atoms with Gasteiger partial charge in [0.1, 0.15) is 0 Å². The minimum absolute atomic E-state index is 0.0659. The first-order valence-corrected chi connectivity index (χ1v) is 6.06. The summed E-state index contributed by atoms with van der Waals surface area (Å²) in [5.41, 5.74) is 8.10. The number of nitrogens with zero attached hydrogens (tertiary/aromatic N) is 1. The number of hydrogen-bond donors (Lipinski definition) is 2. The van der Waals surface area contributed by atoms with E-state index in [0.29, 0.717) is 17.8 Å². The van der Waals surface area contributed by atoms with Crippen LogP contribution >= 0.6 is 0 Å². The molecular weight excluding hydrogens is 226 g/mol. The fraction of sp³-hybridized carbons (Fsp3) is 0.214. The van der Waals surface area contributed by atoms with Crippen LogP contribution in [0.15, 0.2) is 36.5 Å². The Balaban J connectivity index is 2.00. The second kappa shape index (κ2) is 4.22. The summed E-state index contributed by atoms with van der Waals surface area (Å²) < 4.78 is 0. The summed E-state index contributed by atoms with van der Waals surface area (Å²) in [7, 11) is 0. The lowest BCUT2D eigenvalue weighted by molar-refractivity contribution is 0.0773. The molecule has 2 aromatic rings. The van der Waals surface area contributed by atoms with Crippen LogP contribution in [0.25, 0.3) is 10.9 Å². The van der Waals surface area contributed by atoms with Crippen LogP contribution in [-0.2, 0) is 0 Å². The number of nitrogens with one attached hydrogen (secondary N) is 1. The summed E-state index contributed by atoms with van der Waals surface area (Å²) in [5, 5.41) is 0.898. The molecule has 4 nitrogen and oxygen atoms in total. The molecule has 1 aliphatic rings. The van der Waals surface area contributed by atoms with Crippen LogP contribution < -0.4 is 5.73 Å². The predicted molar refractivity (Wildman–Crippen MR) is 72.4 cm³/mol. The Morgan fingerprint density at radius 1 is 1.33 bits per heavy atom. The van der Waals surface area contributed by atoms with Crippen LogP contribution in [-0.4, -0.2) is 28.9 Å². The van der Waals surface area contributed by atoms with Gasteiger partial charge in [-0.25, -0.2) is 0 Å². The largest absolute Gasteiger partial charge is 0.399 e. The maximum Gasteiger partial charge on any atom is 0.256 e. The molecule has 0 bridgehead atoms. The van der Waals surface area contributed by atoms with Crippen molar-refractivity contribution in [2.45, 2.75) is 6.42 Å². The summed E-state index contributed by atoms with van der Waals surface area (Å²) in [6.07, 6.45) is 6.84. The third-order valence-corrected chi connectivity index (χ3v) is 3.28. The predicted octanol–water partition coefficient (Wildman–Crippen LogP) is 2.15. The summed E-state index contributed by atoms with van der Waals surface area (Å²) in [5.74, 6) is 0.0659. The number of rotatable bonds is 1. The van der Waals surface area contributed by atoms with E-state index in [1.54, 1.807) is 6.20 Å². The van der Waals surface area contributed by atoms with Crippen LogP contribution in [0.3, 0.4) is 0 Å². The first kappa shape index (κ1) is 10.9. The highest BCUT2D eigenvalue weighted by Gasteiger charge is 2.19. The fourth-order valence-corrected chi connectivity index (χ4v) is 2.31. The van der Waals surface area contributed by atoms with E-state index < -0.39 is 0 Å². The van der Waals surface area contributed by atoms with E-state index in [9.17, 15) is 4.79 Å². The van der Waals surface area contributed by atoms with Crippen molar-refractivity contribution >= 4 is 22.5 Å². The highest BCUT2D eigenvalue weighted by molar-refractivity contribution is 6.07. The molecule has 0 aliphatic carbocycles. The van der Waals surface area contributed by atoms with Crippen molar-refractivity contribution in [1.29, 1.82) is 0 Å². The Morgan fingerprint density at radius 3 is 3.00 bits per heavy atom. The Hall–Kier alpha value is -2.23. The molecule has 1 aromatic heterocycles. The van der Waals surface area contributed by atoms with E-state index in [1.165, 1.54) is 0 Å². The number of carbonyl (C=O) groups excluding carboxylic acids is 1. The molecular formula is C14H15N3O. The number of H-pyrrole nitrogens is 1. The smallest absolute Gasteiger partial charge is 0.256 e. The van der Waals surface area contributed by atoms with Gasteiger partial charge >= 0.3 is 0 Å². The Labute approximate surface area is 105 Å². The van der Waals surface area contributed by atoms with E-state index in [2.05, 4.69) is 11.1 Å². The van der Waals surface area contributed by atoms with Crippen molar-refractivity contribution in [1.82, 2.24) is 9.88 Å². The number of aromatic nitrogens is 1. The summed E-state index contributed by atoms with van der Waals surface area (Å²) in [6, 6.07) is 5.58. The number of anilines is 1. The van der Waals surface area contributed by atoms with Crippen molar-refractivity contribution in [2.24, 2.45) is 0 Å². The van der Waals surface area contributed by atoms with Crippen molar-refractivity contribution in [3.63, 3.8) is 0 Å². The topological polar surface area (TPSA) is 62.1 Å². The van der Waals surface area contributed by atoms with E-state index in [-0.39, 0.29) is 5.91 Å². The maximum absolute atomic E-state index is 12.4. The zero-order valence-electron chi connectivity index (χ0n) is 10.0. The van der Waals surface area contributed by atoms with Crippen molar-refractivity contribution in [2.75, 3.05) is 18.8 Å². The third kappa shape index (κ3) is 1.76. The molecule has 0 saturated carbocycles. The number of fused-ring (bicyclic) bond motifs is 1. The average Bonchev–Trinajstić information content (AvgIpc) is 2.82. The SMILES string of the molecule is Nc1ccc2[nH]cc(C(=O)N3CC=CCC3)c2c1. The zero-order chi connectivity index (χ0) is 12.5. The van der Waals surface area contributed by atoms with Gasteiger partial charge in [-0.1, -0.05) is 12.2 Å². The Kier molecular flexibility index (Phi) is 2.55. The molecule has 92 valence electrons. The second-order valence-electron chi connectivity index (χ2n) is 4.52. The number of aromatic amines is 1. The molecule has 1 aliphatic heterocycles. The zero-order valence-corrected chi connectivity index (χ0v) is 10.0. The van der Waals surface area contributed by atoms with Crippen LogP contribution in [0.4, 0.5) is 5.69 Å². The van der Waals surface area contributed by atoms with E-state index in [0.717, 1.165) is 23.9 Å². The van der Waals surface area contributed by atoms with E-state index >= 15 is 0 Å². The molecule has 1 aromatic carbocycles. The van der Waals surface area contributed by atoms with Crippen LogP contribution in [0, 0.1) is 0 Å². The van der Waals surface area contributed by atoms with Crippen molar-refractivity contribution in [3.05, 3.63) is 42.1 Å². The maximum atomic E-state index is 12.4. The minimum Gasteiger partial charge on any atom is -0.399 e. The highest BCUT2D eigenvalue weighted by atomic mass is 16.2. The molecule has 0 spiro atoms. The van der Waals surface area contributed by atoms with Gasteiger partial charge in [-0.3, -0.25) is 4.79 Å². The van der Waals surface area contributed by atoms with Crippen LogP contribution in [0.5, 0.6) is 0 Å². The molecule has 0 saturated heterocycles. The molecule has 1 amide bonds. The molecule has 0 unspecified atom stereocenters. The molecule has 0 atom stereocenters. The normalized spacial score (nSPS) is 15.2. The number of carbonyl (C=O) groups is 1. The lowest BCUT2D eigenvalue weighted by Crippen LogP contribution is -2.33. The van der Waals surface area contributed by atoms with Gasteiger partial charge in [0, 0.05) is 35.9 Å². The standard InChI is InChI=1S/C14H15N3O/c15-10-4-5-13-11(8-10)12(9-16-13)14(18)17-6-2-1-3-7-17/h1-2,4-5,8-9,16H,3,6-7,15H2. The number of nitrogens with two attached hydrogens (primary N) is 1. The van der Waals surface area contributed by atoms with Gasteiger partial charge in [-0.05, 0) is 24.6 Å². The van der Waals surface area contributed by atoms with Crippen LogP contribution in [0.1, 0.15) is 16.8 Å². The van der Waals surface area contributed by atoms with Gasteiger partial charge in [0.05, 0.1) is 5.56 Å². The van der Waals surface area contributed by atoms with Crippen molar-refractivity contribution in [3.8, 4) is 0 Å². The average molecular weight is 241 g/mol. The second-order valence-corrected chi connectivity index (χ2v) is 4.52. The molecule has 18 heavy (non-hydrogen) atoms. The highest BCUT2D eigenvalue weighted by Crippen LogP contribution is 2.22. The van der Waals surface area contributed by atoms with Crippen molar-refractivity contribution < 1.29 is 4.79 Å². The van der Waals surface area contributed by atoms with E-state index in [1.807, 2.05) is 29.2 Å². The number of nitrogen functional groups attached to an aromatic ring is 1. The molecule has 0 fully saturated rings. The minimum atomic E-state index is 0.0659. The summed E-state index contributed by atoms with van der Waals surface area (Å²) >= 11 is 0. The summed E-state index contributed by atoms with van der Waals surface area (Å²) in [6.45, 7) is 1.47. The van der Waals surface area contributed by atoms with Crippen LogP contribution in [0.2, 0.25) is 0 Å². The first-order chi connectivity index (χ1) is 8.75. The van der Waals surface area contributed by atoms with Gasteiger partial charge in [0.25, 0.3) is 5.91 Å². The quantitative estimate of drug-likeness (QED) is 0.593. The lowest BCUT2D eigenvalue weighted by Gasteiger charge is -2.23. The summed E-state index contributed by atoms with van der Waals surface area (Å²) in [4.78, 5) is 17.4.